The van der Waals surface area contributed by atoms with E-state index >= 15 is 0 Å². The summed E-state index contributed by atoms with van der Waals surface area (Å²) in [6, 6.07) is 17.1. The third-order valence-electron chi connectivity index (χ3n) is 6.57. The van der Waals surface area contributed by atoms with Gasteiger partial charge in [0.25, 0.3) is 0 Å². The zero-order valence-corrected chi connectivity index (χ0v) is 24.7. The molecule has 1 heterocycles. The van der Waals surface area contributed by atoms with E-state index in [4.69, 9.17) is 12.9 Å². The van der Waals surface area contributed by atoms with Crippen molar-refractivity contribution in [2.75, 3.05) is 0 Å². The molecule has 3 aromatic carbocycles. The Labute approximate surface area is 217 Å². The standard InChI is InChI=1S/C32H41O3P/c1-20-16-22-23-17-21(2)19-26(32(9,10)11)29(23)35-36(34-28(22)25(18-20)31(6,7)8)33-27-15-13-12-14-24(27)30(3,4)5/h12-19H,1-11H3. The van der Waals surface area contributed by atoms with E-state index in [0.29, 0.717) is 0 Å². The molecule has 0 spiro atoms. The quantitative estimate of drug-likeness (QED) is 0.272. The lowest BCUT2D eigenvalue weighted by Crippen LogP contribution is -2.12. The minimum atomic E-state index is -1.76. The smallest absolute Gasteiger partial charge is 0.390 e. The second kappa shape index (κ2) is 9.03. The molecule has 0 atom stereocenters. The second-order valence-electron chi connectivity index (χ2n) is 13.1. The van der Waals surface area contributed by atoms with Crippen LogP contribution in [0.3, 0.4) is 0 Å². The van der Waals surface area contributed by atoms with Gasteiger partial charge in [-0.1, -0.05) is 92.6 Å². The van der Waals surface area contributed by atoms with Crippen molar-refractivity contribution in [2.45, 2.75) is 92.4 Å². The Kier molecular flexibility index (Phi) is 6.63. The molecular formula is C32H41O3P. The average Bonchev–Trinajstić information content (AvgIpc) is 2.87. The maximum Gasteiger partial charge on any atom is 0.453 e. The van der Waals surface area contributed by atoms with Crippen LogP contribution in [0.1, 0.15) is 90.1 Å². The molecule has 1 aromatic heterocycles. The third-order valence-corrected chi connectivity index (χ3v) is 7.58. The summed E-state index contributed by atoms with van der Waals surface area (Å²) in [6.45, 7) is 24.3. The summed E-state index contributed by atoms with van der Waals surface area (Å²) in [5.41, 5.74) is 7.28. The normalized spacial score (nSPS) is 12.9. The van der Waals surface area contributed by atoms with Crippen LogP contribution < -0.4 is 4.52 Å². The molecule has 0 radical (unpaired) electrons. The summed E-state index contributed by atoms with van der Waals surface area (Å²) in [5.74, 6) is 0.801. The SMILES string of the molecule is Cc1cc(C(C)(C)C)c2op(Oc3ccccc3C(C)(C)C)oc3c(C(C)(C)C)cc(C)cc3c2c1. The van der Waals surface area contributed by atoms with Gasteiger partial charge < -0.3 is 12.9 Å². The number of fused-ring (bicyclic) bond motifs is 3. The molecule has 0 bridgehead atoms. The van der Waals surface area contributed by atoms with Gasteiger partial charge in [-0.25, -0.2) is 0 Å². The number of hydrogen-bond acceptors (Lipinski definition) is 3. The van der Waals surface area contributed by atoms with Gasteiger partial charge in [-0.15, -0.1) is 0 Å². The van der Waals surface area contributed by atoms with Crippen molar-refractivity contribution in [1.29, 1.82) is 0 Å². The van der Waals surface area contributed by atoms with Crippen LogP contribution in [-0.4, -0.2) is 0 Å². The van der Waals surface area contributed by atoms with E-state index < -0.39 is 8.24 Å². The molecule has 0 aliphatic rings. The maximum absolute atomic E-state index is 6.75. The van der Waals surface area contributed by atoms with Crippen LogP contribution in [0, 0.1) is 13.8 Å². The van der Waals surface area contributed by atoms with Crippen LogP contribution in [0.15, 0.2) is 56.9 Å². The molecule has 4 heteroatoms. The highest BCUT2D eigenvalue weighted by molar-refractivity contribution is 7.32. The van der Waals surface area contributed by atoms with E-state index in [0.717, 1.165) is 44.4 Å². The topological polar surface area (TPSA) is 35.5 Å². The lowest BCUT2D eigenvalue weighted by atomic mass is 9.83. The minimum Gasteiger partial charge on any atom is -0.390 e. The Bertz CT molecular complexity index is 1390. The predicted molar refractivity (Wildman–Crippen MR) is 154 cm³/mol. The Hall–Kier alpha value is -2.64. The summed E-state index contributed by atoms with van der Waals surface area (Å²) in [6.07, 6.45) is 0. The fourth-order valence-corrected chi connectivity index (χ4v) is 5.83. The fraction of sp³-hybridized carbons (Fsp3) is 0.438. The summed E-state index contributed by atoms with van der Waals surface area (Å²) >= 11 is 0. The molecule has 36 heavy (non-hydrogen) atoms. The van der Waals surface area contributed by atoms with Crippen molar-refractivity contribution >= 4 is 30.2 Å². The van der Waals surface area contributed by atoms with E-state index in [9.17, 15) is 0 Å². The third kappa shape index (κ3) is 5.23. The first-order valence-corrected chi connectivity index (χ1v) is 13.9. The number of aryl methyl sites for hydroxylation is 2. The van der Waals surface area contributed by atoms with Gasteiger partial charge in [0.2, 0.25) is 0 Å². The molecule has 0 aliphatic heterocycles. The molecule has 0 aliphatic carbocycles. The first-order chi connectivity index (χ1) is 16.6. The number of rotatable bonds is 2. The first-order valence-electron chi connectivity index (χ1n) is 12.8. The molecule has 0 N–H and O–H groups in total. The van der Waals surface area contributed by atoms with E-state index in [2.05, 4.69) is 113 Å². The van der Waals surface area contributed by atoms with Gasteiger partial charge in [-0.2, -0.15) is 0 Å². The largest absolute Gasteiger partial charge is 0.453 e. The molecule has 0 saturated heterocycles. The Morgan fingerprint density at radius 3 is 1.42 bits per heavy atom. The van der Waals surface area contributed by atoms with E-state index in [1.165, 1.54) is 11.1 Å². The van der Waals surface area contributed by atoms with Crippen molar-refractivity contribution in [1.82, 2.24) is 0 Å². The zero-order valence-electron chi connectivity index (χ0n) is 23.8. The molecule has 0 fully saturated rings. The number of para-hydroxylation sites is 1. The summed E-state index contributed by atoms with van der Waals surface area (Å²) in [4.78, 5) is 0. The lowest BCUT2D eigenvalue weighted by molar-refractivity contribution is 0.472. The second-order valence-corrected chi connectivity index (χ2v) is 14.1. The van der Waals surface area contributed by atoms with E-state index in [1.807, 2.05) is 12.1 Å². The molecule has 192 valence electrons. The van der Waals surface area contributed by atoms with Crippen molar-refractivity contribution in [2.24, 2.45) is 0 Å². The summed E-state index contributed by atoms with van der Waals surface area (Å²) in [7, 11) is -1.76. The first kappa shape index (κ1) is 26.4. The van der Waals surface area contributed by atoms with Crippen LogP contribution >= 0.6 is 8.24 Å². The van der Waals surface area contributed by atoms with Crippen LogP contribution in [0.4, 0.5) is 0 Å². The van der Waals surface area contributed by atoms with Crippen molar-refractivity contribution < 1.29 is 12.9 Å². The molecule has 3 nitrogen and oxygen atoms in total. The molecule has 4 rings (SSSR count). The minimum absolute atomic E-state index is 0.0744. The van der Waals surface area contributed by atoms with Crippen LogP contribution in [0.2, 0.25) is 0 Å². The number of benzene rings is 3. The lowest BCUT2D eigenvalue weighted by Gasteiger charge is -2.22. The number of hydrogen-bond donors (Lipinski definition) is 0. The van der Waals surface area contributed by atoms with Gasteiger partial charge in [-0.3, -0.25) is 0 Å². The van der Waals surface area contributed by atoms with Crippen molar-refractivity contribution in [3.63, 3.8) is 0 Å². The predicted octanol–water partition coefficient (Wildman–Crippen LogP) is 10.6. The molecule has 0 unspecified atom stereocenters. The Morgan fingerprint density at radius 2 is 1.00 bits per heavy atom. The highest BCUT2D eigenvalue weighted by atomic mass is 31.1. The zero-order chi connectivity index (χ0) is 26.6. The Balaban J connectivity index is 2.19. The monoisotopic (exact) mass is 504 g/mol. The van der Waals surface area contributed by atoms with Crippen molar-refractivity contribution in [3.05, 3.63) is 76.3 Å². The Morgan fingerprint density at radius 1 is 0.583 bits per heavy atom. The van der Waals surface area contributed by atoms with Gasteiger partial charge in [0.1, 0.15) is 16.9 Å². The van der Waals surface area contributed by atoms with Crippen LogP contribution in [-0.2, 0) is 16.2 Å². The van der Waals surface area contributed by atoms with Gasteiger partial charge >= 0.3 is 8.24 Å². The highest BCUT2D eigenvalue weighted by Gasteiger charge is 2.26. The van der Waals surface area contributed by atoms with Gasteiger partial charge in [0, 0.05) is 27.5 Å². The summed E-state index contributed by atoms with van der Waals surface area (Å²) < 4.78 is 20.1. The van der Waals surface area contributed by atoms with Crippen molar-refractivity contribution in [3.8, 4) is 5.75 Å². The highest BCUT2D eigenvalue weighted by Crippen LogP contribution is 2.45. The van der Waals surface area contributed by atoms with Gasteiger partial charge in [-0.05, 0) is 59.4 Å². The van der Waals surface area contributed by atoms with Crippen LogP contribution in [0.25, 0.3) is 21.9 Å². The average molecular weight is 505 g/mol. The molecule has 0 saturated carbocycles. The molecular weight excluding hydrogens is 463 g/mol. The maximum atomic E-state index is 6.75. The fourth-order valence-electron chi connectivity index (χ4n) is 4.71. The summed E-state index contributed by atoms with van der Waals surface area (Å²) in [5, 5.41) is 2.14. The van der Waals surface area contributed by atoms with E-state index in [-0.39, 0.29) is 16.2 Å². The molecule has 0 amide bonds. The van der Waals surface area contributed by atoms with Gasteiger partial charge in [0.15, 0.2) is 0 Å². The molecule has 4 aromatic rings. The van der Waals surface area contributed by atoms with Gasteiger partial charge in [0.05, 0.1) is 0 Å². The van der Waals surface area contributed by atoms with E-state index in [1.54, 1.807) is 0 Å². The van der Waals surface area contributed by atoms with Crippen LogP contribution in [0.5, 0.6) is 5.75 Å².